The van der Waals surface area contributed by atoms with E-state index in [2.05, 4.69) is 11.9 Å². The van der Waals surface area contributed by atoms with Gasteiger partial charge in [-0.05, 0) is 24.5 Å². The number of nitrogens with zero attached hydrogens (tertiary/aromatic N) is 2. The molecule has 0 N–H and O–H groups in total. The number of hydrogen-bond acceptors (Lipinski definition) is 4. The van der Waals surface area contributed by atoms with Gasteiger partial charge in [-0.25, -0.2) is 0 Å². The zero-order chi connectivity index (χ0) is 15.9. The molecule has 5 nitrogen and oxygen atoms in total. The number of benzene rings is 1. The number of amides is 2. The van der Waals surface area contributed by atoms with Crippen LogP contribution in [0.2, 0.25) is 0 Å². The van der Waals surface area contributed by atoms with Crippen LogP contribution in [-0.2, 0) is 16.0 Å². The molecule has 2 rings (SSSR count). The molecule has 1 heterocycles. The third-order valence-electron chi connectivity index (χ3n) is 3.81. The Labute approximate surface area is 131 Å². The fraction of sp³-hybridized carbons (Fsp3) is 0.471. The highest BCUT2D eigenvalue weighted by molar-refractivity contribution is 6.32. The highest BCUT2D eigenvalue weighted by Crippen LogP contribution is 2.19. The number of imide groups is 1. The molecule has 0 spiro atoms. The lowest BCUT2D eigenvalue weighted by Crippen LogP contribution is -2.47. The Balaban J connectivity index is 2.03. The number of para-hydroxylation sites is 1. The van der Waals surface area contributed by atoms with Crippen LogP contribution in [0.5, 0.6) is 5.75 Å². The third-order valence-corrected chi connectivity index (χ3v) is 3.81. The van der Waals surface area contributed by atoms with Gasteiger partial charge in [-0.2, -0.15) is 0 Å². The largest absolute Gasteiger partial charge is 0.496 e. The van der Waals surface area contributed by atoms with E-state index in [-0.39, 0.29) is 11.8 Å². The molecule has 0 fully saturated rings. The predicted octanol–water partition coefficient (Wildman–Crippen LogP) is 2.24. The number of methoxy groups -OCH3 is 1. The maximum absolute atomic E-state index is 12.4. The number of hydrogen-bond donors (Lipinski definition) is 0. The number of unbranched alkanes of at least 4 members (excludes halogenated alkanes) is 1. The molecule has 1 aromatic carbocycles. The second-order valence-corrected chi connectivity index (χ2v) is 5.33. The fourth-order valence-corrected chi connectivity index (χ4v) is 2.53. The summed E-state index contributed by atoms with van der Waals surface area (Å²) in [7, 11) is 1.61. The molecular weight excluding hydrogens is 280 g/mol. The Morgan fingerprint density at radius 1 is 1.27 bits per heavy atom. The van der Waals surface area contributed by atoms with Gasteiger partial charge in [0.1, 0.15) is 11.8 Å². The van der Waals surface area contributed by atoms with Gasteiger partial charge >= 0.3 is 0 Å². The van der Waals surface area contributed by atoms with Crippen LogP contribution < -0.4 is 4.74 Å². The lowest BCUT2D eigenvalue weighted by Gasteiger charge is -2.26. The average molecular weight is 302 g/mol. The van der Waals surface area contributed by atoms with Crippen molar-refractivity contribution in [2.45, 2.75) is 38.6 Å². The molecule has 0 aromatic heterocycles. The number of ether oxygens (including phenoxy) is 1. The summed E-state index contributed by atoms with van der Waals surface area (Å²) in [5.74, 6) is 0.263. The van der Waals surface area contributed by atoms with Crippen LogP contribution >= 0.6 is 0 Å². The maximum Gasteiger partial charge on any atom is 0.271 e. The van der Waals surface area contributed by atoms with Crippen molar-refractivity contribution in [3.05, 3.63) is 29.8 Å². The molecule has 22 heavy (non-hydrogen) atoms. The lowest BCUT2D eigenvalue weighted by atomic mass is 10.1. The molecule has 0 saturated heterocycles. The lowest BCUT2D eigenvalue weighted by molar-refractivity contribution is -0.142. The van der Waals surface area contributed by atoms with Gasteiger partial charge in [-0.1, -0.05) is 38.0 Å². The number of carbonyl (C=O) groups is 2. The summed E-state index contributed by atoms with van der Waals surface area (Å²) in [5, 5.41) is 0. The average Bonchev–Trinajstić information content (AvgIpc) is 2.54. The highest BCUT2D eigenvalue weighted by Gasteiger charge is 2.30. The summed E-state index contributed by atoms with van der Waals surface area (Å²) in [6, 6.07) is 7.23. The normalized spacial score (nSPS) is 17.9. The van der Waals surface area contributed by atoms with Gasteiger partial charge in [0.2, 0.25) is 0 Å². The standard InChI is InChI=1S/C17H22N2O3/c1-3-4-8-14-17(21)19(16(20)12-18-14)11-10-13-7-5-6-9-15(13)22-2/h5-7,9,12,14H,3-4,8,10-11H2,1-2H3. The maximum atomic E-state index is 12.4. The van der Waals surface area contributed by atoms with Crippen molar-refractivity contribution in [3.8, 4) is 5.75 Å². The first-order valence-corrected chi connectivity index (χ1v) is 7.67. The molecule has 5 heteroatoms. The SMILES string of the molecule is CCCCC1N=CC(=O)N(CCc2ccccc2OC)C1=O. The van der Waals surface area contributed by atoms with E-state index >= 15 is 0 Å². The molecule has 1 aliphatic rings. The highest BCUT2D eigenvalue weighted by atomic mass is 16.5. The minimum atomic E-state index is -0.407. The van der Waals surface area contributed by atoms with Crippen LogP contribution in [0, 0.1) is 0 Å². The van der Waals surface area contributed by atoms with Crippen molar-refractivity contribution in [2.75, 3.05) is 13.7 Å². The van der Waals surface area contributed by atoms with Crippen molar-refractivity contribution in [3.63, 3.8) is 0 Å². The summed E-state index contributed by atoms with van der Waals surface area (Å²) in [5.41, 5.74) is 0.984. The quantitative estimate of drug-likeness (QED) is 0.726. The molecule has 0 saturated carbocycles. The summed E-state index contributed by atoms with van der Waals surface area (Å²) < 4.78 is 5.30. The summed E-state index contributed by atoms with van der Waals surface area (Å²) in [4.78, 5) is 29.7. The van der Waals surface area contributed by atoms with E-state index in [1.165, 1.54) is 11.1 Å². The van der Waals surface area contributed by atoms with Crippen molar-refractivity contribution < 1.29 is 14.3 Å². The molecule has 0 aliphatic carbocycles. The van der Waals surface area contributed by atoms with Gasteiger partial charge in [-0.15, -0.1) is 0 Å². The molecular formula is C17H22N2O3. The van der Waals surface area contributed by atoms with E-state index in [0.29, 0.717) is 19.4 Å². The van der Waals surface area contributed by atoms with E-state index in [4.69, 9.17) is 4.74 Å². The number of aliphatic imine (C=N–C) groups is 1. The Morgan fingerprint density at radius 3 is 2.77 bits per heavy atom. The van der Waals surface area contributed by atoms with Gasteiger partial charge in [0.05, 0.1) is 13.3 Å². The van der Waals surface area contributed by atoms with Gasteiger partial charge in [0, 0.05) is 6.54 Å². The van der Waals surface area contributed by atoms with Crippen molar-refractivity contribution >= 4 is 18.0 Å². The molecule has 0 radical (unpaired) electrons. The Bertz CT molecular complexity index is 569. The minimum absolute atomic E-state index is 0.184. The van der Waals surface area contributed by atoms with Gasteiger partial charge in [0.15, 0.2) is 0 Å². The minimum Gasteiger partial charge on any atom is -0.496 e. The summed E-state index contributed by atoms with van der Waals surface area (Å²) in [6.07, 6.45) is 4.50. The number of rotatable bonds is 7. The van der Waals surface area contributed by atoms with Gasteiger partial charge in [-0.3, -0.25) is 19.5 Å². The fourth-order valence-electron chi connectivity index (χ4n) is 2.53. The van der Waals surface area contributed by atoms with Crippen molar-refractivity contribution in [1.29, 1.82) is 0 Å². The third kappa shape index (κ3) is 3.72. The van der Waals surface area contributed by atoms with Gasteiger partial charge in [0.25, 0.3) is 11.8 Å². The van der Waals surface area contributed by atoms with Gasteiger partial charge < -0.3 is 4.74 Å². The second-order valence-electron chi connectivity index (χ2n) is 5.33. The van der Waals surface area contributed by atoms with Crippen LogP contribution in [0.1, 0.15) is 31.7 Å². The molecule has 1 aliphatic heterocycles. The molecule has 2 amide bonds. The van der Waals surface area contributed by atoms with E-state index in [0.717, 1.165) is 24.2 Å². The Kier molecular flexibility index (Phi) is 5.69. The zero-order valence-corrected chi connectivity index (χ0v) is 13.1. The first-order valence-electron chi connectivity index (χ1n) is 7.67. The molecule has 118 valence electrons. The van der Waals surface area contributed by atoms with Crippen LogP contribution in [0.15, 0.2) is 29.3 Å². The topological polar surface area (TPSA) is 59.0 Å². The smallest absolute Gasteiger partial charge is 0.271 e. The van der Waals surface area contributed by atoms with Crippen LogP contribution in [0.4, 0.5) is 0 Å². The van der Waals surface area contributed by atoms with E-state index < -0.39 is 6.04 Å². The van der Waals surface area contributed by atoms with Crippen LogP contribution in [0.25, 0.3) is 0 Å². The van der Waals surface area contributed by atoms with Crippen molar-refractivity contribution in [1.82, 2.24) is 4.90 Å². The first-order chi connectivity index (χ1) is 10.7. The molecule has 1 atom stereocenters. The summed E-state index contributed by atoms with van der Waals surface area (Å²) in [6.45, 7) is 2.42. The molecule has 1 aromatic rings. The second kappa shape index (κ2) is 7.73. The van der Waals surface area contributed by atoms with Crippen LogP contribution in [0.3, 0.4) is 0 Å². The van der Waals surface area contributed by atoms with Crippen LogP contribution in [-0.4, -0.2) is 42.6 Å². The van der Waals surface area contributed by atoms with E-state index in [9.17, 15) is 9.59 Å². The Hall–Kier alpha value is -2.17. The van der Waals surface area contributed by atoms with E-state index in [1.54, 1.807) is 7.11 Å². The van der Waals surface area contributed by atoms with Crippen molar-refractivity contribution in [2.24, 2.45) is 4.99 Å². The first kappa shape index (κ1) is 16.2. The number of carbonyl (C=O) groups excluding carboxylic acids is 2. The monoisotopic (exact) mass is 302 g/mol. The zero-order valence-electron chi connectivity index (χ0n) is 13.1. The molecule has 0 bridgehead atoms. The summed E-state index contributed by atoms with van der Waals surface area (Å²) >= 11 is 0. The molecule has 1 unspecified atom stereocenters. The Morgan fingerprint density at radius 2 is 2.05 bits per heavy atom. The van der Waals surface area contributed by atoms with E-state index in [1.807, 2.05) is 24.3 Å². The predicted molar refractivity (Wildman–Crippen MR) is 85.2 cm³/mol.